The summed E-state index contributed by atoms with van der Waals surface area (Å²) in [6.07, 6.45) is 1.80. The van der Waals surface area contributed by atoms with Crippen molar-refractivity contribution in [1.29, 1.82) is 0 Å². The largest absolute Gasteiger partial charge is 0.363 e. The molecule has 0 radical (unpaired) electrons. The third kappa shape index (κ3) is 2.76. The van der Waals surface area contributed by atoms with Crippen molar-refractivity contribution in [2.24, 2.45) is 0 Å². The molecule has 0 fully saturated rings. The maximum atomic E-state index is 4.39. The zero-order chi connectivity index (χ0) is 12.3. The summed E-state index contributed by atoms with van der Waals surface area (Å²) in [7, 11) is 3.93. The number of nitrogens with one attached hydrogen (secondary N) is 1. The van der Waals surface area contributed by atoms with E-state index in [2.05, 4.69) is 27.1 Å². The Hall–Kier alpha value is -1.56. The molecule has 0 aliphatic rings. The molecule has 2 aromatic heterocycles. The van der Waals surface area contributed by atoms with Gasteiger partial charge in [-0.3, -0.25) is 5.10 Å². The third-order valence-electron chi connectivity index (χ3n) is 2.22. The van der Waals surface area contributed by atoms with Crippen molar-refractivity contribution in [3.63, 3.8) is 0 Å². The second-order valence-electron chi connectivity index (χ2n) is 3.70. The number of hydrogen-bond acceptors (Lipinski definition) is 5. The highest BCUT2D eigenvalue weighted by Crippen LogP contribution is 2.19. The normalized spacial score (nSPS) is 10.5. The van der Waals surface area contributed by atoms with Crippen molar-refractivity contribution in [2.45, 2.75) is 12.1 Å². The fourth-order valence-electron chi connectivity index (χ4n) is 1.36. The summed E-state index contributed by atoms with van der Waals surface area (Å²) >= 11 is 1.62. The zero-order valence-electron chi connectivity index (χ0n) is 10.1. The third-order valence-corrected chi connectivity index (χ3v) is 2.95. The summed E-state index contributed by atoms with van der Waals surface area (Å²) in [6.45, 7) is 2.08. The van der Waals surface area contributed by atoms with Gasteiger partial charge in [0.15, 0.2) is 5.82 Å². The van der Waals surface area contributed by atoms with Crippen LogP contribution in [0.2, 0.25) is 0 Å². The van der Waals surface area contributed by atoms with Crippen molar-refractivity contribution < 1.29 is 0 Å². The Kier molecular flexibility index (Phi) is 3.63. The number of anilines is 1. The van der Waals surface area contributed by atoms with Gasteiger partial charge in [0.2, 0.25) is 5.16 Å². The van der Waals surface area contributed by atoms with Gasteiger partial charge < -0.3 is 4.90 Å². The highest BCUT2D eigenvalue weighted by molar-refractivity contribution is 7.99. The van der Waals surface area contributed by atoms with Gasteiger partial charge in [0.1, 0.15) is 5.82 Å². The summed E-state index contributed by atoms with van der Waals surface area (Å²) in [5.74, 6) is 2.66. The minimum atomic E-state index is 0.763. The molecule has 90 valence electrons. The number of H-pyrrole nitrogens is 1. The van der Waals surface area contributed by atoms with Gasteiger partial charge in [0.05, 0.1) is 0 Å². The molecule has 1 N–H and O–H groups in total. The first-order valence-electron chi connectivity index (χ1n) is 5.39. The lowest BCUT2D eigenvalue weighted by Gasteiger charge is -2.10. The van der Waals surface area contributed by atoms with Gasteiger partial charge >= 0.3 is 0 Å². The number of rotatable bonds is 4. The van der Waals surface area contributed by atoms with Gasteiger partial charge in [-0.2, -0.15) is 0 Å². The minimum Gasteiger partial charge on any atom is -0.363 e. The molecule has 6 heteroatoms. The van der Waals surface area contributed by atoms with Gasteiger partial charge in [-0.1, -0.05) is 18.7 Å². The van der Waals surface area contributed by atoms with E-state index in [-0.39, 0.29) is 0 Å². The maximum Gasteiger partial charge on any atom is 0.208 e. The molecule has 17 heavy (non-hydrogen) atoms. The van der Waals surface area contributed by atoms with E-state index >= 15 is 0 Å². The number of pyridine rings is 1. The lowest BCUT2D eigenvalue weighted by Crippen LogP contribution is -2.10. The molecule has 2 heterocycles. The maximum absolute atomic E-state index is 4.39. The van der Waals surface area contributed by atoms with Crippen LogP contribution in [0.5, 0.6) is 0 Å². The average molecular weight is 249 g/mol. The Morgan fingerprint density at radius 2 is 2.18 bits per heavy atom. The van der Waals surface area contributed by atoms with Crippen LogP contribution in [0.3, 0.4) is 0 Å². The predicted molar refractivity (Wildman–Crippen MR) is 70.3 cm³/mol. The first-order chi connectivity index (χ1) is 8.20. The summed E-state index contributed by atoms with van der Waals surface area (Å²) < 4.78 is 0. The van der Waals surface area contributed by atoms with Crippen LogP contribution in [-0.2, 0) is 0 Å². The lowest BCUT2D eigenvalue weighted by molar-refractivity contribution is 0.974. The second-order valence-corrected chi connectivity index (χ2v) is 4.93. The van der Waals surface area contributed by atoms with E-state index < -0.39 is 0 Å². The van der Waals surface area contributed by atoms with Crippen LogP contribution in [0.4, 0.5) is 5.82 Å². The molecule has 2 aromatic rings. The van der Waals surface area contributed by atoms with E-state index in [1.807, 2.05) is 31.1 Å². The Morgan fingerprint density at radius 3 is 2.76 bits per heavy atom. The number of thioether (sulfide) groups is 1. The van der Waals surface area contributed by atoms with E-state index in [9.17, 15) is 0 Å². The van der Waals surface area contributed by atoms with Crippen molar-refractivity contribution in [3.05, 3.63) is 18.3 Å². The predicted octanol–water partition coefficient (Wildman–Crippen LogP) is 2.04. The average Bonchev–Trinajstić information content (AvgIpc) is 2.78. The smallest absolute Gasteiger partial charge is 0.208 e. The highest BCUT2D eigenvalue weighted by atomic mass is 32.2. The molecular formula is C11H15N5S. The Morgan fingerprint density at radius 1 is 1.35 bits per heavy atom. The fraction of sp³-hybridized carbons (Fsp3) is 0.364. The molecule has 0 aliphatic heterocycles. The number of aromatic amines is 1. The quantitative estimate of drug-likeness (QED) is 0.840. The van der Waals surface area contributed by atoms with E-state index in [1.165, 1.54) is 0 Å². The van der Waals surface area contributed by atoms with Gasteiger partial charge in [0.25, 0.3) is 0 Å². The van der Waals surface area contributed by atoms with E-state index in [0.717, 1.165) is 28.1 Å². The standard InChI is InChI=1S/C11H15N5S/c1-4-17-11-13-10(14-15-11)8-5-6-9(12-7-8)16(2)3/h5-7H,4H2,1-3H3,(H,13,14,15). The Balaban J connectivity index is 2.21. The SMILES string of the molecule is CCSc1n[nH]c(-c2ccc(N(C)C)nc2)n1. The van der Waals surface area contributed by atoms with Crippen LogP contribution < -0.4 is 4.90 Å². The van der Waals surface area contributed by atoms with Gasteiger partial charge in [-0.15, -0.1) is 5.10 Å². The van der Waals surface area contributed by atoms with E-state index in [1.54, 1.807) is 18.0 Å². The fourth-order valence-corrected chi connectivity index (χ4v) is 1.88. The molecule has 0 bridgehead atoms. The molecule has 0 unspecified atom stereocenters. The number of aromatic nitrogens is 4. The number of nitrogens with zero attached hydrogens (tertiary/aromatic N) is 4. The van der Waals surface area contributed by atoms with E-state index in [4.69, 9.17) is 0 Å². The molecule has 0 amide bonds. The summed E-state index contributed by atoms with van der Waals surface area (Å²) in [5, 5.41) is 7.83. The molecule has 2 rings (SSSR count). The van der Waals surface area contributed by atoms with Crippen LogP contribution >= 0.6 is 11.8 Å². The van der Waals surface area contributed by atoms with Crippen LogP contribution in [0, 0.1) is 0 Å². The minimum absolute atomic E-state index is 0.763. The number of hydrogen-bond donors (Lipinski definition) is 1. The van der Waals surface area contributed by atoms with Gasteiger partial charge in [-0.25, -0.2) is 9.97 Å². The van der Waals surface area contributed by atoms with Gasteiger partial charge in [0, 0.05) is 25.9 Å². The topological polar surface area (TPSA) is 57.7 Å². The van der Waals surface area contributed by atoms with Gasteiger partial charge in [-0.05, 0) is 17.9 Å². The molecule has 0 atom stereocenters. The molecule has 0 saturated heterocycles. The lowest BCUT2D eigenvalue weighted by atomic mass is 10.2. The van der Waals surface area contributed by atoms with Crippen molar-refractivity contribution >= 4 is 17.6 Å². The van der Waals surface area contributed by atoms with Crippen molar-refractivity contribution in [2.75, 3.05) is 24.7 Å². The van der Waals surface area contributed by atoms with E-state index in [0.29, 0.717) is 0 Å². The molecular weight excluding hydrogens is 234 g/mol. The second kappa shape index (κ2) is 5.18. The van der Waals surface area contributed by atoms with Crippen molar-refractivity contribution in [1.82, 2.24) is 20.2 Å². The molecule has 5 nitrogen and oxygen atoms in total. The Bertz CT molecular complexity index is 477. The first kappa shape index (κ1) is 11.9. The summed E-state index contributed by atoms with van der Waals surface area (Å²) in [4.78, 5) is 10.7. The monoisotopic (exact) mass is 249 g/mol. The van der Waals surface area contributed by atoms with Crippen LogP contribution in [0.1, 0.15) is 6.92 Å². The van der Waals surface area contributed by atoms with Crippen molar-refractivity contribution in [3.8, 4) is 11.4 Å². The molecule has 0 spiro atoms. The summed E-state index contributed by atoms with van der Waals surface area (Å²) in [6, 6.07) is 3.95. The zero-order valence-corrected chi connectivity index (χ0v) is 11.0. The Labute approximate surface area is 105 Å². The van der Waals surface area contributed by atoms with Crippen LogP contribution in [0.15, 0.2) is 23.5 Å². The molecule has 0 aromatic carbocycles. The van der Waals surface area contributed by atoms with Crippen LogP contribution in [0.25, 0.3) is 11.4 Å². The molecule has 0 saturated carbocycles. The molecule has 0 aliphatic carbocycles. The van der Waals surface area contributed by atoms with Crippen LogP contribution in [-0.4, -0.2) is 40.0 Å². The highest BCUT2D eigenvalue weighted by Gasteiger charge is 2.06. The first-order valence-corrected chi connectivity index (χ1v) is 6.38. The summed E-state index contributed by atoms with van der Waals surface area (Å²) in [5.41, 5.74) is 0.950.